The molecule has 5 aliphatic rings. The fourth-order valence-corrected chi connectivity index (χ4v) is 11.9. The van der Waals surface area contributed by atoms with E-state index >= 15 is 0 Å². The molecule has 3 N–H and O–H groups in total. The normalized spacial score (nSPS) is 48.3. The summed E-state index contributed by atoms with van der Waals surface area (Å²) in [5, 5.41) is 10.9. The van der Waals surface area contributed by atoms with Crippen molar-refractivity contribution in [2.75, 3.05) is 19.8 Å². The maximum atomic E-state index is 13.3. The highest BCUT2D eigenvalue weighted by molar-refractivity contribution is 5.73. The number of carboxylic acid groups (broad SMARTS) is 1. The van der Waals surface area contributed by atoms with Crippen molar-refractivity contribution in [3.05, 3.63) is 11.6 Å². The lowest BCUT2D eigenvalue weighted by molar-refractivity contribution is -0.253. The zero-order valence-corrected chi connectivity index (χ0v) is 29.7. The van der Waals surface area contributed by atoms with Gasteiger partial charge in [0.15, 0.2) is 0 Å². The third-order valence-corrected chi connectivity index (χ3v) is 15.6. The molecular weight excluding hydrogens is 534 g/mol. The highest BCUT2D eigenvalue weighted by atomic mass is 16.5. The van der Waals surface area contributed by atoms with Gasteiger partial charge in [0.05, 0.1) is 31.8 Å². The fraction of sp³-hybridized carbons (Fsp3) is 0.921. The van der Waals surface area contributed by atoms with Gasteiger partial charge in [-0.1, -0.05) is 87.8 Å². The van der Waals surface area contributed by atoms with Crippen LogP contribution in [0.1, 0.15) is 122 Å². The Kier molecular flexibility index (Phi) is 8.01. The molecule has 0 spiro atoms. The number of fused-ring (bicyclic) bond motifs is 3. The molecule has 2 bridgehead atoms. The predicted molar refractivity (Wildman–Crippen MR) is 175 cm³/mol. The lowest BCUT2D eigenvalue weighted by atomic mass is 9.34. The number of aliphatic carboxylic acids is 1. The van der Waals surface area contributed by atoms with E-state index in [1.807, 2.05) is 0 Å². The molecule has 4 aliphatic carbocycles. The van der Waals surface area contributed by atoms with Gasteiger partial charge in [-0.15, -0.1) is 0 Å². The van der Waals surface area contributed by atoms with Gasteiger partial charge in [-0.2, -0.15) is 0 Å². The van der Waals surface area contributed by atoms with Crippen LogP contribution < -0.4 is 5.73 Å². The Morgan fingerprint density at radius 1 is 1.07 bits per heavy atom. The molecule has 0 aromatic carbocycles. The van der Waals surface area contributed by atoms with Gasteiger partial charge in [0, 0.05) is 16.4 Å². The van der Waals surface area contributed by atoms with Gasteiger partial charge in [0.25, 0.3) is 0 Å². The molecule has 4 fully saturated rings. The number of hydrogen-bond acceptors (Lipinski definition) is 4. The van der Waals surface area contributed by atoms with Crippen LogP contribution in [0.3, 0.4) is 0 Å². The first-order valence-corrected chi connectivity index (χ1v) is 17.5. The van der Waals surface area contributed by atoms with E-state index < -0.39 is 11.5 Å². The van der Waals surface area contributed by atoms with Crippen molar-refractivity contribution >= 4 is 5.97 Å². The second kappa shape index (κ2) is 10.3. The molecule has 5 heteroatoms. The Hall–Kier alpha value is -0.910. The van der Waals surface area contributed by atoms with E-state index in [1.54, 1.807) is 5.57 Å². The van der Waals surface area contributed by atoms with Crippen LogP contribution in [0, 0.1) is 68.0 Å². The first-order chi connectivity index (χ1) is 19.6. The van der Waals surface area contributed by atoms with Crippen LogP contribution in [-0.2, 0) is 14.3 Å². The molecule has 43 heavy (non-hydrogen) atoms. The third kappa shape index (κ3) is 4.50. The molecule has 1 heterocycles. The molecule has 12 atom stereocenters. The number of hydrogen-bond donors (Lipinski definition) is 2. The summed E-state index contributed by atoms with van der Waals surface area (Å²) >= 11 is 0. The third-order valence-electron chi connectivity index (χ3n) is 15.6. The van der Waals surface area contributed by atoms with E-state index in [9.17, 15) is 9.90 Å². The Bertz CT molecular complexity index is 1140. The van der Waals surface area contributed by atoms with Crippen molar-refractivity contribution in [3.63, 3.8) is 0 Å². The molecule has 1 aliphatic heterocycles. The standard InChI is InChI=1S/C38H65NO4/c1-23(2)25(4)33(8)17-18-35(10)26-13-14-28-34(9)20-42-22-38(28,27(26)15-16-36(35,11)29(33)31(40)41)19-24(3)30(34)43-21-37(12,39)32(5,6)7/h15,23-26,28-30H,13-14,16-22,39H2,1-12H3,(H,40,41)/t24-,25-,26+,28+,29-,30+,33-,34-,35-,36+,37-,38+/m1/s1. The zero-order chi connectivity index (χ0) is 32.2. The van der Waals surface area contributed by atoms with Crippen molar-refractivity contribution in [2.24, 2.45) is 73.7 Å². The highest BCUT2D eigenvalue weighted by Gasteiger charge is 2.71. The lowest BCUT2D eigenvalue weighted by Crippen LogP contribution is -2.69. The SMILES string of the molecule is CC(C)[C@@H](C)[C@@]1(C)CC[C@]2(C)[C@H]3CC[C@@H]4[C@@]5(COC[C@@]4(C)[C@@H](OC[C@@](C)(N)C(C)(C)C)[C@H](C)C5)C3=CC[C@@]2(C)[C@@H]1C(=O)O. The minimum absolute atomic E-state index is 0.0142. The van der Waals surface area contributed by atoms with Crippen molar-refractivity contribution < 1.29 is 19.4 Å². The quantitative estimate of drug-likeness (QED) is 0.300. The summed E-state index contributed by atoms with van der Waals surface area (Å²) in [6.07, 6.45) is 8.99. The average molecular weight is 600 g/mol. The van der Waals surface area contributed by atoms with E-state index in [2.05, 4.69) is 89.2 Å². The van der Waals surface area contributed by atoms with Crippen LogP contribution in [0.4, 0.5) is 0 Å². The molecule has 0 radical (unpaired) electrons. The Morgan fingerprint density at radius 2 is 1.72 bits per heavy atom. The summed E-state index contributed by atoms with van der Waals surface area (Å²) in [6.45, 7) is 29.6. The average Bonchev–Trinajstić information content (AvgIpc) is 2.87. The van der Waals surface area contributed by atoms with Crippen molar-refractivity contribution in [1.82, 2.24) is 0 Å². The maximum absolute atomic E-state index is 13.3. The summed E-state index contributed by atoms with van der Waals surface area (Å²) in [4.78, 5) is 13.3. The smallest absolute Gasteiger partial charge is 0.307 e. The van der Waals surface area contributed by atoms with E-state index in [0.717, 1.165) is 51.7 Å². The minimum Gasteiger partial charge on any atom is -0.481 e. The Labute approximate surface area is 263 Å². The number of allylic oxidation sites excluding steroid dienone is 1. The molecule has 0 aromatic rings. The highest BCUT2D eigenvalue weighted by Crippen LogP contribution is 2.75. The van der Waals surface area contributed by atoms with Crippen LogP contribution in [0.25, 0.3) is 0 Å². The monoisotopic (exact) mass is 599 g/mol. The van der Waals surface area contributed by atoms with E-state index in [1.165, 1.54) is 0 Å². The van der Waals surface area contributed by atoms with Crippen LogP contribution in [0.2, 0.25) is 0 Å². The Morgan fingerprint density at radius 3 is 2.30 bits per heavy atom. The maximum Gasteiger partial charge on any atom is 0.307 e. The van der Waals surface area contributed by atoms with Gasteiger partial charge < -0.3 is 20.3 Å². The molecule has 0 unspecified atom stereocenters. The summed E-state index contributed by atoms with van der Waals surface area (Å²) in [6, 6.07) is 0. The zero-order valence-electron chi connectivity index (χ0n) is 29.7. The number of nitrogens with two attached hydrogens (primary N) is 1. The first-order valence-electron chi connectivity index (χ1n) is 17.5. The van der Waals surface area contributed by atoms with Crippen LogP contribution >= 0.6 is 0 Å². The van der Waals surface area contributed by atoms with Crippen molar-refractivity contribution in [2.45, 2.75) is 133 Å². The van der Waals surface area contributed by atoms with E-state index in [4.69, 9.17) is 15.2 Å². The fourth-order valence-electron chi connectivity index (χ4n) is 11.9. The van der Waals surface area contributed by atoms with Gasteiger partial charge >= 0.3 is 5.97 Å². The molecule has 5 rings (SSSR count). The van der Waals surface area contributed by atoms with Gasteiger partial charge in [-0.05, 0) is 96.7 Å². The van der Waals surface area contributed by atoms with Gasteiger partial charge in [-0.3, -0.25) is 4.79 Å². The number of rotatable bonds is 6. The van der Waals surface area contributed by atoms with E-state index in [0.29, 0.717) is 36.2 Å². The second-order valence-electron chi connectivity index (χ2n) is 18.9. The summed E-state index contributed by atoms with van der Waals surface area (Å²) in [5.74, 6) is 1.19. The minimum atomic E-state index is -0.589. The van der Waals surface area contributed by atoms with Gasteiger partial charge in [0.1, 0.15) is 0 Å². The van der Waals surface area contributed by atoms with Crippen molar-refractivity contribution in [3.8, 4) is 0 Å². The number of ether oxygens (including phenoxy) is 2. The molecule has 5 nitrogen and oxygen atoms in total. The second-order valence-corrected chi connectivity index (χ2v) is 18.9. The molecule has 246 valence electrons. The summed E-state index contributed by atoms with van der Waals surface area (Å²) in [5.41, 5.74) is 7.36. The Balaban J connectivity index is 1.52. The predicted octanol–water partition coefficient (Wildman–Crippen LogP) is 8.36. The van der Waals surface area contributed by atoms with Crippen LogP contribution in [0.5, 0.6) is 0 Å². The molecular formula is C38H65NO4. The summed E-state index contributed by atoms with van der Waals surface area (Å²) < 4.78 is 13.5. The molecule has 3 saturated carbocycles. The van der Waals surface area contributed by atoms with E-state index in [-0.39, 0.29) is 44.5 Å². The number of carbonyl (C=O) groups is 1. The van der Waals surface area contributed by atoms with Gasteiger partial charge in [0.2, 0.25) is 0 Å². The van der Waals surface area contributed by atoms with Gasteiger partial charge in [-0.25, -0.2) is 0 Å². The molecule has 1 saturated heterocycles. The topological polar surface area (TPSA) is 81.8 Å². The first kappa shape index (κ1) is 33.5. The molecule has 0 aromatic heterocycles. The van der Waals surface area contributed by atoms with Crippen molar-refractivity contribution in [1.29, 1.82) is 0 Å². The summed E-state index contributed by atoms with van der Waals surface area (Å²) in [7, 11) is 0. The molecule has 0 amide bonds. The number of carboxylic acids is 1. The van der Waals surface area contributed by atoms with Crippen LogP contribution in [0.15, 0.2) is 11.6 Å². The largest absolute Gasteiger partial charge is 0.481 e. The lowest BCUT2D eigenvalue weighted by Gasteiger charge is -2.71. The van der Waals surface area contributed by atoms with Crippen LogP contribution in [-0.4, -0.2) is 42.5 Å².